The van der Waals surface area contributed by atoms with Gasteiger partial charge in [-0.25, -0.2) is 4.39 Å². The molecular formula is C12H12Cl3FN4O4S. The smallest absolute Gasteiger partial charge is 0.296 e. The molecule has 1 aromatic carbocycles. The Bertz CT molecular complexity index is 674. The number of rotatable bonds is 6. The van der Waals surface area contributed by atoms with Gasteiger partial charge in [-0.2, -0.15) is 0 Å². The van der Waals surface area contributed by atoms with Crippen LogP contribution in [0.4, 0.5) is 15.8 Å². The Labute approximate surface area is 162 Å². The highest BCUT2D eigenvalue weighted by molar-refractivity contribution is 7.80. The third-order valence-electron chi connectivity index (χ3n) is 2.68. The van der Waals surface area contributed by atoms with Crippen LogP contribution in [0.5, 0.6) is 5.75 Å². The summed E-state index contributed by atoms with van der Waals surface area (Å²) < 4.78 is 15.2. The highest BCUT2D eigenvalue weighted by Gasteiger charge is 2.34. The van der Waals surface area contributed by atoms with Gasteiger partial charge < -0.3 is 20.7 Å². The number of hydrogen-bond donors (Lipinski definition) is 3. The lowest BCUT2D eigenvalue weighted by molar-refractivity contribution is -0.384. The normalized spacial score (nSPS) is 12.0. The number of amides is 1. The first kappa shape index (κ1) is 21.4. The molecule has 0 saturated heterocycles. The molecule has 8 nitrogen and oxygen atoms in total. The van der Waals surface area contributed by atoms with E-state index in [9.17, 15) is 19.3 Å². The molecule has 1 atom stereocenters. The van der Waals surface area contributed by atoms with E-state index in [2.05, 4.69) is 16.0 Å². The number of carbonyl (C=O) groups excluding carboxylic acids is 1. The predicted molar refractivity (Wildman–Crippen MR) is 97.2 cm³/mol. The molecule has 1 amide bonds. The Morgan fingerprint density at radius 1 is 1.44 bits per heavy atom. The van der Waals surface area contributed by atoms with Crippen molar-refractivity contribution in [2.45, 2.75) is 9.96 Å². The maximum Gasteiger partial charge on any atom is 0.296 e. The molecule has 1 rings (SSSR count). The van der Waals surface area contributed by atoms with Crippen LogP contribution in [0.1, 0.15) is 0 Å². The van der Waals surface area contributed by atoms with Gasteiger partial charge in [-0.05, 0) is 24.4 Å². The van der Waals surface area contributed by atoms with Crippen molar-refractivity contribution in [3.05, 3.63) is 28.3 Å². The Balaban J connectivity index is 2.94. The lowest BCUT2D eigenvalue weighted by Crippen LogP contribution is -2.56. The van der Waals surface area contributed by atoms with E-state index in [-0.39, 0.29) is 22.2 Å². The van der Waals surface area contributed by atoms with Crippen LogP contribution in [0.2, 0.25) is 0 Å². The molecule has 3 N–H and O–H groups in total. The molecule has 0 saturated carbocycles. The zero-order chi connectivity index (χ0) is 19.2. The number of benzene rings is 1. The maximum absolute atomic E-state index is 12.3. The number of nitrogens with zero attached hydrogens (tertiary/aromatic N) is 1. The van der Waals surface area contributed by atoms with Gasteiger partial charge in [0, 0.05) is 0 Å². The quantitative estimate of drug-likeness (QED) is 0.208. The summed E-state index contributed by atoms with van der Waals surface area (Å²) in [6.07, 6.45) is -1.38. The fraction of sp³-hybridized carbons (Fsp3) is 0.333. The number of nitro groups is 1. The summed E-state index contributed by atoms with van der Waals surface area (Å²) in [5.74, 6) is -0.771. The van der Waals surface area contributed by atoms with Crippen LogP contribution in [0.3, 0.4) is 0 Å². The molecule has 0 aliphatic carbocycles. The van der Waals surface area contributed by atoms with Crippen LogP contribution >= 0.6 is 47.0 Å². The number of nitro benzene ring substituents is 1. The minimum atomic E-state index is -2.07. The number of nitrogens with one attached hydrogen (secondary N) is 3. The average molecular weight is 434 g/mol. The summed E-state index contributed by atoms with van der Waals surface area (Å²) in [5, 5.41) is 18.0. The third-order valence-corrected chi connectivity index (χ3v) is 3.55. The Morgan fingerprint density at radius 2 is 2.08 bits per heavy atom. The molecular weight excluding hydrogens is 422 g/mol. The van der Waals surface area contributed by atoms with Gasteiger partial charge in [0.2, 0.25) is 3.79 Å². The largest absolute Gasteiger partial charge is 0.496 e. The molecule has 0 aliphatic rings. The topological polar surface area (TPSA) is 106 Å². The molecule has 0 unspecified atom stereocenters. The SMILES string of the molecule is COc1ccc(NC(=S)N[C@@H](NC(=O)CF)C(Cl)(Cl)Cl)c([N+](=O)[O-])c1. The van der Waals surface area contributed by atoms with Gasteiger partial charge in [-0.1, -0.05) is 34.8 Å². The van der Waals surface area contributed by atoms with Gasteiger partial charge in [-0.3, -0.25) is 14.9 Å². The fourth-order valence-corrected chi connectivity index (χ4v) is 2.14. The van der Waals surface area contributed by atoms with E-state index in [1.54, 1.807) is 0 Å². The average Bonchev–Trinajstić information content (AvgIpc) is 2.53. The Kier molecular flexibility index (Phi) is 7.87. The summed E-state index contributed by atoms with van der Waals surface area (Å²) >= 11 is 22.0. The van der Waals surface area contributed by atoms with E-state index in [0.29, 0.717) is 0 Å². The van der Waals surface area contributed by atoms with Gasteiger partial charge in [0.25, 0.3) is 11.6 Å². The van der Waals surface area contributed by atoms with E-state index < -0.39 is 27.5 Å². The van der Waals surface area contributed by atoms with Crippen molar-refractivity contribution in [3.63, 3.8) is 0 Å². The number of methoxy groups -OCH3 is 1. The van der Waals surface area contributed by atoms with E-state index in [4.69, 9.17) is 51.8 Å². The molecule has 13 heteroatoms. The van der Waals surface area contributed by atoms with Crippen molar-refractivity contribution in [1.82, 2.24) is 10.6 Å². The molecule has 0 aromatic heterocycles. The highest BCUT2D eigenvalue weighted by atomic mass is 35.6. The molecule has 0 bridgehead atoms. The minimum Gasteiger partial charge on any atom is -0.496 e. The van der Waals surface area contributed by atoms with Gasteiger partial charge in [0.05, 0.1) is 18.1 Å². The summed E-state index contributed by atoms with van der Waals surface area (Å²) in [6, 6.07) is 4.01. The highest BCUT2D eigenvalue weighted by Crippen LogP contribution is 2.30. The van der Waals surface area contributed by atoms with Crippen molar-refractivity contribution in [2.75, 3.05) is 19.1 Å². The molecule has 0 fully saturated rings. The zero-order valence-electron chi connectivity index (χ0n) is 12.5. The monoisotopic (exact) mass is 432 g/mol. The van der Waals surface area contributed by atoms with Crippen LogP contribution in [-0.4, -0.2) is 39.7 Å². The van der Waals surface area contributed by atoms with Crippen LogP contribution in [0.25, 0.3) is 0 Å². The van der Waals surface area contributed by atoms with Gasteiger partial charge in [0.1, 0.15) is 17.6 Å². The second-order valence-corrected chi connectivity index (χ2v) is 7.19. The molecule has 138 valence electrons. The first-order valence-corrected chi connectivity index (χ1v) is 7.94. The summed E-state index contributed by atoms with van der Waals surface area (Å²) in [6.45, 7) is -1.33. The number of anilines is 1. The molecule has 0 spiro atoms. The number of alkyl halides is 4. The minimum absolute atomic E-state index is 0.0307. The first-order valence-electron chi connectivity index (χ1n) is 6.40. The van der Waals surface area contributed by atoms with Crippen molar-refractivity contribution >= 4 is 69.4 Å². The van der Waals surface area contributed by atoms with Crippen LogP contribution < -0.4 is 20.7 Å². The predicted octanol–water partition coefficient (Wildman–Crippen LogP) is 2.67. The summed E-state index contributed by atoms with van der Waals surface area (Å²) in [4.78, 5) is 21.6. The van der Waals surface area contributed by atoms with Crippen molar-refractivity contribution in [1.29, 1.82) is 0 Å². The van der Waals surface area contributed by atoms with Crippen LogP contribution in [0, 0.1) is 10.1 Å². The zero-order valence-corrected chi connectivity index (χ0v) is 15.6. The van der Waals surface area contributed by atoms with E-state index in [0.717, 1.165) is 0 Å². The fourth-order valence-electron chi connectivity index (χ4n) is 1.58. The Hall–Kier alpha value is -1.62. The second-order valence-electron chi connectivity index (χ2n) is 4.41. The first-order chi connectivity index (χ1) is 11.6. The number of ether oxygens (including phenoxy) is 1. The van der Waals surface area contributed by atoms with E-state index >= 15 is 0 Å². The Morgan fingerprint density at radius 3 is 2.56 bits per heavy atom. The number of halogens is 4. The van der Waals surface area contributed by atoms with E-state index in [1.807, 2.05) is 0 Å². The lowest BCUT2D eigenvalue weighted by Gasteiger charge is -2.27. The lowest BCUT2D eigenvalue weighted by atomic mass is 10.2. The molecule has 1 aromatic rings. The molecule has 0 heterocycles. The number of thiocarbonyl (C=S) groups is 1. The third kappa shape index (κ3) is 6.65. The summed E-state index contributed by atoms with van der Waals surface area (Å²) in [7, 11) is 1.36. The van der Waals surface area contributed by atoms with Crippen molar-refractivity contribution < 1.29 is 18.8 Å². The molecule has 25 heavy (non-hydrogen) atoms. The van der Waals surface area contributed by atoms with Crippen LogP contribution in [-0.2, 0) is 4.79 Å². The number of carbonyl (C=O) groups is 1. The van der Waals surface area contributed by atoms with Crippen molar-refractivity contribution in [2.24, 2.45) is 0 Å². The van der Waals surface area contributed by atoms with Gasteiger partial charge in [0.15, 0.2) is 11.8 Å². The van der Waals surface area contributed by atoms with Crippen LogP contribution in [0.15, 0.2) is 18.2 Å². The second kappa shape index (κ2) is 9.18. The van der Waals surface area contributed by atoms with Gasteiger partial charge >= 0.3 is 0 Å². The van der Waals surface area contributed by atoms with Crippen molar-refractivity contribution in [3.8, 4) is 5.75 Å². The maximum atomic E-state index is 12.3. The van der Waals surface area contributed by atoms with Gasteiger partial charge in [-0.15, -0.1) is 0 Å². The molecule has 0 aliphatic heterocycles. The van der Waals surface area contributed by atoms with E-state index in [1.165, 1.54) is 25.3 Å². The molecule has 0 radical (unpaired) electrons. The number of hydrogen-bond acceptors (Lipinski definition) is 5. The standard InChI is InChI=1S/C12H12Cl3FN4O4S/c1-24-6-2-3-7(8(4-6)20(22)23)17-11(25)19-10(12(13,14)15)18-9(21)5-16/h2-4,10H,5H2,1H3,(H,18,21)(H2,17,19,25)/t10-/m1/s1. The summed E-state index contributed by atoms with van der Waals surface area (Å²) in [5.41, 5.74) is -0.287.